The smallest absolute Gasteiger partial charge is 0.516 e. The van der Waals surface area contributed by atoms with Gasteiger partial charge in [0.25, 0.3) is 0 Å². The van der Waals surface area contributed by atoms with Gasteiger partial charge in [-0.15, -0.1) is 0 Å². The van der Waals surface area contributed by atoms with Gasteiger partial charge in [0.1, 0.15) is 0 Å². The van der Waals surface area contributed by atoms with E-state index in [2.05, 4.69) is 0 Å². The molecule has 0 aromatic carbocycles. The van der Waals surface area contributed by atoms with Crippen molar-refractivity contribution in [2.75, 3.05) is 13.2 Å². The fourth-order valence-corrected chi connectivity index (χ4v) is 2.33. The van der Waals surface area contributed by atoms with E-state index in [1.54, 1.807) is 0 Å². The largest absolute Gasteiger partial charge is 1.00 e. The molecule has 0 fully saturated rings. The quantitative estimate of drug-likeness (QED) is 0.539. The van der Waals surface area contributed by atoms with Gasteiger partial charge < -0.3 is 24.5 Å². The zero-order valence-electron chi connectivity index (χ0n) is 11.2. The molecule has 0 saturated heterocycles. The molecule has 0 saturated carbocycles. The van der Waals surface area contributed by atoms with E-state index in [9.17, 15) is 0 Å². The van der Waals surface area contributed by atoms with Crippen molar-refractivity contribution in [2.45, 2.75) is 41.5 Å². The van der Waals surface area contributed by atoms with Crippen LogP contribution in [-0.4, -0.2) is 39.1 Å². The van der Waals surface area contributed by atoms with Crippen molar-refractivity contribution >= 4 is 56.5 Å². The van der Waals surface area contributed by atoms with Crippen LogP contribution in [0.5, 0.6) is 0 Å². The van der Waals surface area contributed by atoms with Crippen molar-refractivity contribution in [3.05, 3.63) is 12.8 Å². The van der Waals surface area contributed by atoms with Crippen molar-refractivity contribution < 1.29 is 9.05 Å². The molecule has 0 unspecified atom stereocenters. The summed E-state index contributed by atoms with van der Waals surface area (Å²) in [4.78, 5) is 0. The Morgan fingerprint density at radius 2 is 1.06 bits per heavy atom. The van der Waals surface area contributed by atoms with Gasteiger partial charge in [0.2, 0.25) is 0 Å². The van der Waals surface area contributed by atoms with Gasteiger partial charge in [-0.25, -0.2) is 0 Å². The molecule has 0 atom stereocenters. The third-order valence-corrected chi connectivity index (χ3v) is 2.99. The summed E-state index contributed by atoms with van der Waals surface area (Å²) in [6.45, 7) is 12.8. The Morgan fingerprint density at radius 3 is 1.19 bits per heavy atom. The average molecular weight is 386 g/mol. The van der Waals surface area contributed by atoms with E-state index in [0.29, 0.717) is 13.2 Å². The first-order valence-electron chi connectivity index (χ1n) is 5.03. The summed E-state index contributed by atoms with van der Waals surface area (Å²) in [7, 11) is 0. The molecule has 0 spiro atoms. The van der Waals surface area contributed by atoms with Crippen LogP contribution in [0.15, 0.2) is 0 Å². The van der Waals surface area contributed by atoms with Crippen molar-refractivity contribution in [1.29, 1.82) is 0 Å². The molecular weight excluding hydrogens is 362 g/mol. The number of rotatable bonds is 4. The summed E-state index contributed by atoms with van der Waals surface area (Å²) in [5, 5.41) is 0. The minimum absolute atomic E-state index is 0. The Morgan fingerprint density at radius 1 is 0.875 bits per heavy atom. The normalized spacial score (nSPS) is 9.00. The summed E-state index contributed by atoms with van der Waals surface area (Å²) in [5.74, 6) is 0. The molecule has 2 nitrogen and oxygen atoms in total. The maximum absolute atomic E-state index is 4.99. The predicted octanol–water partition coefficient (Wildman–Crippen LogP) is 3.91. The van der Waals surface area contributed by atoms with Crippen molar-refractivity contribution in [3.63, 3.8) is 0 Å². The Hall–Kier alpha value is 1.92. The van der Waals surface area contributed by atoms with Gasteiger partial charge in [-0.3, -0.25) is 9.05 Å². The number of hydrogen-bond donors (Lipinski definition) is 0. The van der Waals surface area contributed by atoms with Crippen LogP contribution in [-0.2, 0) is 33.5 Å². The Kier molecular flexibility index (Phi) is 36.6. The second-order valence-electron chi connectivity index (χ2n) is 2.44. The van der Waals surface area contributed by atoms with Crippen molar-refractivity contribution in [3.8, 4) is 0 Å². The van der Waals surface area contributed by atoms with E-state index in [1.165, 1.54) is 0 Å². The zero-order chi connectivity index (χ0) is 12.7. The second-order valence-corrected chi connectivity index (χ2v) is 7.43. The molecule has 0 rings (SSSR count). The molecule has 0 aliphatic heterocycles. The van der Waals surface area contributed by atoms with Crippen LogP contribution in [0.1, 0.15) is 41.5 Å². The maximum Gasteiger partial charge on any atom is 1.00 e. The predicted molar refractivity (Wildman–Crippen MR) is 82.0 cm³/mol. The van der Waals surface area contributed by atoms with Gasteiger partial charge >= 0.3 is 25.8 Å². The fraction of sp³-hybridized carbons (Fsp3) is 0.800. The van der Waals surface area contributed by atoms with Gasteiger partial charge in [0.05, 0.1) is 13.2 Å². The molecule has 0 heterocycles. The molecule has 0 aromatic heterocycles. The molecule has 0 N–H and O–H groups in total. The van der Waals surface area contributed by atoms with Crippen LogP contribution < -0.4 is 0 Å². The standard InChI is InChI=1S/C4H11O2PS2.2C3H7.In/c1-3-5-7(8,9)6-4-2;2*1-3-2;/h3-4H2,1-2H3,(H,8,9);2*3H,1-2H3;/q;;;+1/p-1. The second kappa shape index (κ2) is 22.1. The Balaban J connectivity index is -0.0000000870. The van der Waals surface area contributed by atoms with Crippen molar-refractivity contribution in [1.82, 2.24) is 0 Å². The summed E-state index contributed by atoms with van der Waals surface area (Å²) < 4.78 is 9.98. The van der Waals surface area contributed by atoms with E-state index in [4.69, 9.17) is 33.5 Å². The first kappa shape index (κ1) is 26.5. The van der Waals surface area contributed by atoms with E-state index < -0.39 is 6.12 Å². The summed E-state index contributed by atoms with van der Waals surface area (Å²) in [6, 6.07) is 0. The first-order valence-corrected chi connectivity index (χ1v) is 8.68. The summed E-state index contributed by atoms with van der Waals surface area (Å²) >= 11 is 9.65. The third kappa shape index (κ3) is 36.0. The van der Waals surface area contributed by atoms with Crippen LogP contribution in [0.3, 0.4) is 0 Å². The van der Waals surface area contributed by atoms with Crippen LogP contribution in [0.25, 0.3) is 0 Å². The molecule has 96 valence electrons. The molecule has 4 radical (unpaired) electrons. The monoisotopic (exact) mass is 386 g/mol. The van der Waals surface area contributed by atoms with Gasteiger partial charge in [-0.05, 0) is 26.7 Å². The van der Waals surface area contributed by atoms with E-state index in [-0.39, 0.29) is 25.8 Å². The molecule has 16 heavy (non-hydrogen) atoms. The van der Waals surface area contributed by atoms with Crippen LogP contribution >= 0.6 is 6.12 Å². The number of hydrogen-bond acceptors (Lipinski definition) is 4. The van der Waals surface area contributed by atoms with E-state index >= 15 is 0 Å². The molecule has 0 aliphatic carbocycles. The fourth-order valence-electron chi connectivity index (χ4n) is 0.353. The third-order valence-electron chi connectivity index (χ3n) is 0.574. The van der Waals surface area contributed by atoms with Gasteiger partial charge in [0, 0.05) is 6.12 Å². The SMILES string of the molecule is CCO[P+]([S-])([S-])OCC.C[CH]C.C[CH]C.[In+]. The molecule has 0 bridgehead atoms. The van der Waals surface area contributed by atoms with Gasteiger partial charge in [-0.1, -0.05) is 27.7 Å². The minimum Gasteiger partial charge on any atom is -0.516 e. The first-order chi connectivity index (χ1) is 6.95. The van der Waals surface area contributed by atoms with Gasteiger partial charge in [-0.2, -0.15) is 0 Å². The van der Waals surface area contributed by atoms with Crippen LogP contribution in [0.4, 0.5) is 0 Å². The van der Waals surface area contributed by atoms with E-state index in [0.717, 1.165) is 0 Å². The Bertz CT molecular complexity index is 98.8. The van der Waals surface area contributed by atoms with Gasteiger partial charge in [0.15, 0.2) is 0 Å². The minimum atomic E-state index is -2.28. The summed E-state index contributed by atoms with van der Waals surface area (Å²) in [6.07, 6.45) is 1.72. The van der Waals surface area contributed by atoms with E-state index in [1.807, 2.05) is 54.4 Å². The average Bonchev–Trinajstić information content (AvgIpc) is 2.06. The molecule has 0 amide bonds. The van der Waals surface area contributed by atoms with Crippen LogP contribution in [0, 0.1) is 12.8 Å². The Labute approximate surface area is 132 Å². The zero-order valence-corrected chi connectivity index (χ0v) is 17.0. The molecule has 0 aromatic rings. The summed E-state index contributed by atoms with van der Waals surface area (Å²) in [5.41, 5.74) is 0. The topological polar surface area (TPSA) is 18.5 Å². The molecular formula is C10H24InO2PS2. The van der Waals surface area contributed by atoms with Crippen molar-refractivity contribution in [2.24, 2.45) is 0 Å². The molecule has 6 heteroatoms. The van der Waals surface area contributed by atoms with Crippen LogP contribution in [0.2, 0.25) is 0 Å². The maximum atomic E-state index is 4.99. The molecule has 0 aliphatic rings.